The molecule has 1 N–H and O–H groups in total. The fraction of sp³-hybridized carbons (Fsp3) is 0.636. The molecule has 36 heavy (non-hydrogen) atoms. The lowest BCUT2D eigenvalue weighted by Crippen LogP contribution is -2.67. The summed E-state index contributed by atoms with van der Waals surface area (Å²) >= 11 is 0. The van der Waals surface area contributed by atoms with E-state index in [0.717, 1.165) is 34.6 Å². The predicted molar refractivity (Wildman–Crippen MR) is 115 cm³/mol. The zero-order valence-corrected chi connectivity index (χ0v) is 20.6. The van der Waals surface area contributed by atoms with Gasteiger partial charge < -0.3 is 33.7 Å². The third kappa shape index (κ3) is 9.24. The first-order valence-corrected chi connectivity index (χ1v) is 10.8. The molecule has 1 fully saturated rings. The molecule has 1 aliphatic rings. The predicted octanol–water partition coefficient (Wildman–Crippen LogP) is 0.0332. The van der Waals surface area contributed by atoms with Gasteiger partial charge in [0.1, 0.15) is 25.4 Å². The van der Waals surface area contributed by atoms with Crippen LogP contribution >= 0.6 is 0 Å². The van der Waals surface area contributed by atoms with Gasteiger partial charge in [0.15, 0.2) is 12.2 Å². The molecule has 1 rings (SSSR count). The Morgan fingerprint density at radius 1 is 1.00 bits per heavy atom. The van der Waals surface area contributed by atoms with Gasteiger partial charge in [0.2, 0.25) is 5.91 Å². The highest BCUT2D eigenvalue weighted by atomic mass is 19.2. The normalized spacial score (nSPS) is 24.8. The zero-order valence-electron chi connectivity index (χ0n) is 20.6. The van der Waals surface area contributed by atoms with Crippen molar-refractivity contribution in [2.45, 2.75) is 77.4 Å². The minimum Gasteiger partial charge on any atom is -0.462 e. The Bertz CT molecular complexity index is 877. The number of ether oxygens (including phenoxy) is 6. The van der Waals surface area contributed by atoms with Gasteiger partial charge in [-0.15, -0.1) is 0 Å². The van der Waals surface area contributed by atoms with Crippen molar-refractivity contribution in [2.75, 3.05) is 13.2 Å². The summed E-state index contributed by atoms with van der Waals surface area (Å²) in [4.78, 5) is 71.4. The van der Waals surface area contributed by atoms with Crippen molar-refractivity contribution in [3.8, 4) is 0 Å². The molecule has 1 amide bonds. The summed E-state index contributed by atoms with van der Waals surface area (Å²) < 4.78 is 46.5. The fourth-order valence-corrected chi connectivity index (χ4v) is 3.47. The smallest absolute Gasteiger partial charge is 0.372 e. The Kier molecular flexibility index (Phi) is 11.4. The van der Waals surface area contributed by atoms with E-state index in [1.54, 1.807) is 0 Å². The summed E-state index contributed by atoms with van der Waals surface area (Å²) in [6.07, 6.45) is -6.42. The van der Waals surface area contributed by atoms with Gasteiger partial charge in [-0.2, -0.15) is 4.39 Å². The number of halogens is 1. The average molecular weight is 519 g/mol. The van der Waals surface area contributed by atoms with E-state index in [1.807, 2.05) is 0 Å². The average Bonchev–Trinajstić information content (AvgIpc) is 2.74. The lowest BCUT2D eigenvalue weighted by Gasteiger charge is -2.46. The lowest BCUT2D eigenvalue weighted by atomic mass is 9.88. The van der Waals surface area contributed by atoms with Gasteiger partial charge in [-0.3, -0.25) is 24.0 Å². The van der Waals surface area contributed by atoms with Crippen molar-refractivity contribution in [3.63, 3.8) is 0 Å². The first-order chi connectivity index (χ1) is 16.7. The highest BCUT2D eigenvalue weighted by Crippen LogP contribution is 2.37. The third-order valence-electron chi connectivity index (χ3n) is 4.63. The van der Waals surface area contributed by atoms with Crippen molar-refractivity contribution in [1.29, 1.82) is 0 Å². The Morgan fingerprint density at radius 2 is 1.61 bits per heavy atom. The molecule has 0 aromatic heterocycles. The topological polar surface area (TPSA) is 170 Å². The highest BCUT2D eigenvalue weighted by Gasteiger charge is 2.59. The number of hydrogen-bond acceptors (Lipinski definition) is 12. The van der Waals surface area contributed by atoms with Crippen molar-refractivity contribution in [1.82, 2.24) is 5.32 Å². The van der Waals surface area contributed by atoms with Gasteiger partial charge in [0.25, 0.3) is 0 Å². The first kappa shape index (κ1) is 30.5. The first-order valence-electron chi connectivity index (χ1n) is 10.8. The number of carbonyl (C=O) groups is 6. The van der Waals surface area contributed by atoms with Crippen LogP contribution in [0.15, 0.2) is 12.7 Å². The molecule has 1 aliphatic heterocycles. The highest BCUT2D eigenvalue weighted by molar-refractivity contribution is 5.79. The van der Waals surface area contributed by atoms with Gasteiger partial charge in [-0.25, -0.2) is 4.79 Å². The van der Waals surface area contributed by atoms with Crippen molar-refractivity contribution >= 4 is 35.8 Å². The molecule has 0 spiro atoms. The Balaban J connectivity index is 3.66. The molecule has 6 atom stereocenters. The maximum atomic E-state index is 15.9. The second kappa shape index (κ2) is 13.5. The quantitative estimate of drug-likeness (QED) is 0.221. The van der Waals surface area contributed by atoms with E-state index in [0.29, 0.717) is 0 Å². The largest absolute Gasteiger partial charge is 0.462 e. The SMILES string of the molecule is C=CCOC(=O)[C@]1(F)CC(OC(C)=O)[C@@H](NC(C)=O)C([C@H](OC(C)=O)[C@@H](COC(C)=O)OC(C)=O)O1. The fourth-order valence-electron chi connectivity index (χ4n) is 3.47. The minimum absolute atomic E-state index is 0.387. The number of carbonyl (C=O) groups excluding carboxylic acids is 6. The summed E-state index contributed by atoms with van der Waals surface area (Å²) in [6.45, 7) is 7.45. The zero-order chi connectivity index (χ0) is 27.6. The second-order valence-corrected chi connectivity index (χ2v) is 7.80. The van der Waals surface area contributed by atoms with Crippen LogP contribution in [0.4, 0.5) is 4.39 Å². The van der Waals surface area contributed by atoms with Crippen LogP contribution < -0.4 is 5.32 Å². The maximum Gasteiger partial charge on any atom is 0.372 e. The van der Waals surface area contributed by atoms with E-state index < -0.39 is 85.1 Å². The van der Waals surface area contributed by atoms with Crippen molar-refractivity contribution in [3.05, 3.63) is 12.7 Å². The van der Waals surface area contributed by atoms with E-state index in [2.05, 4.69) is 11.9 Å². The van der Waals surface area contributed by atoms with E-state index in [1.165, 1.54) is 6.08 Å². The molecule has 14 heteroatoms. The standard InChI is InChI=1S/C22H30FNO12/c1-7-8-31-21(30)22(23)9-16(33-13(4)27)18(24-11(2)25)20(36-22)19(35-15(6)29)17(34-14(5)28)10-32-12(3)26/h7,16-20H,1,8-10H2,2-6H3,(H,24,25)/t16?,17-,18-,19-,20?,22+/m1/s1. The van der Waals surface area contributed by atoms with Crippen LogP contribution in [0.3, 0.4) is 0 Å². The van der Waals surface area contributed by atoms with Crippen LogP contribution in [-0.2, 0) is 57.2 Å². The summed E-state index contributed by atoms with van der Waals surface area (Å²) in [5, 5.41) is 2.42. The summed E-state index contributed by atoms with van der Waals surface area (Å²) in [6, 6.07) is -1.41. The Morgan fingerprint density at radius 3 is 2.08 bits per heavy atom. The monoisotopic (exact) mass is 519 g/mol. The molecule has 0 bridgehead atoms. The second-order valence-electron chi connectivity index (χ2n) is 7.80. The molecule has 0 aliphatic carbocycles. The molecule has 202 valence electrons. The molecular formula is C22H30FNO12. The van der Waals surface area contributed by atoms with Crippen molar-refractivity contribution < 1.29 is 61.6 Å². The van der Waals surface area contributed by atoms with Crippen LogP contribution in [0.25, 0.3) is 0 Å². The van der Waals surface area contributed by atoms with Gasteiger partial charge in [0.05, 0.1) is 12.5 Å². The van der Waals surface area contributed by atoms with E-state index in [4.69, 9.17) is 28.4 Å². The number of amides is 1. The summed E-state index contributed by atoms with van der Waals surface area (Å²) in [5.41, 5.74) is 0. The van der Waals surface area contributed by atoms with Crippen LogP contribution in [0.1, 0.15) is 41.0 Å². The van der Waals surface area contributed by atoms with Crippen LogP contribution in [-0.4, -0.2) is 85.3 Å². The summed E-state index contributed by atoms with van der Waals surface area (Å²) in [5.74, 6) is -9.00. The van der Waals surface area contributed by atoms with Crippen molar-refractivity contribution in [2.24, 2.45) is 0 Å². The number of nitrogens with one attached hydrogen (secondary N) is 1. The van der Waals surface area contributed by atoms with Crippen LogP contribution in [0, 0.1) is 0 Å². The Hall–Kier alpha value is -3.55. The molecule has 0 saturated carbocycles. The molecule has 2 unspecified atom stereocenters. The number of hydrogen-bond donors (Lipinski definition) is 1. The molecule has 0 aromatic carbocycles. The molecule has 0 aromatic rings. The van der Waals surface area contributed by atoms with Crippen LogP contribution in [0.2, 0.25) is 0 Å². The van der Waals surface area contributed by atoms with Gasteiger partial charge in [-0.05, 0) is 0 Å². The molecular weight excluding hydrogens is 489 g/mol. The number of rotatable bonds is 11. The van der Waals surface area contributed by atoms with Gasteiger partial charge >= 0.3 is 35.7 Å². The third-order valence-corrected chi connectivity index (χ3v) is 4.63. The van der Waals surface area contributed by atoms with E-state index in [-0.39, 0.29) is 6.61 Å². The number of alkyl halides is 1. The summed E-state index contributed by atoms with van der Waals surface area (Å²) in [7, 11) is 0. The van der Waals surface area contributed by atoms with Gasteiger partial charge in [0, 0.05) is 34.6 Å². The number of esters is 5. The molecule has 1 saturated heterocycles. The van der Waals surface area contributed by atoms with E-state index in [9.17, 15) is 28.8 Å². The van der Waals surface area contributed by atoms with Gasteiger partial charge in [-0.1, -0.05) is 12.7 Å². The molecule has 1 heterocycles. The Labute approximate surface area is 206 Å². The molecule has 0 radical (unpaired) electrons. The molecule has 13 nitrogen and oxygen atoms in total. The maximum absolute atomic E-state index is 15.9. The van der Waals surface area contributed by atoms with E-state index >= 15 is 4.39 Å². The minimum atomic E-state index is -3.26. The van der Waals surface area contributed by atoms with Crippen LogP contribution in [0.5, 0.6) is 0 Å². The lowest BCUT2D eigenvalue weighted by molar-refractivity contribution is -0.275.